The molecular formula is C17H17BrN4O5. The maximum absolute atomic E-state index is 12.3. The number of aromatic amines is 1. The van der Waals surface area contributed by atoms with E-state index in [0.29, 0.717) is 10.5 Å². The zero-order valence-corrected chi connectivity index (χ0v) is 16.2. The zero-order valence-electron chi connectivity index (χ0n) is 14.6. The van der Waals surface area contributed by atoms with Crippen molar-refractivity contribution in [3.63, 3.8) is 0 Å². The number of H-pyrrole nitrogens is 1. The summed E-state index contributed by atoms with van der Waals surface area (Å²) in [5.74, 6) is 0.156. The highest BCUT2D eigenvalue weighted by Gasteiger charge is 2.21. The Hall–Kier alpha value is -2.88. The molecule has 9 nitrogen and oxygen atoms in total. The van der Waals surface area contributed by atoms with Gasteiger partial charge in [-0.2, -0.15) is 0 Å². The number of hydrogen-bond donors (Lipinski definition) is 1. The summed E-state index contributed by atoms with van der Waals surface area (Å²) in [6, 6.07) is 9.09. The van der Waals surface area contributed by atoms with Crippen molar-refractivity contribution in [3.05, 3.63) is 55.9 Å². The number of rotatable bonds is 6. The Morgan fingerprint density at radius 2 is 2.00 bits per heavy atom. The fourth-order valence-electron chi connectivity index (χ4n) is 2.64. The lowest BCUT2D eigenvalue weighted by atomic mass is 10.3. The van der Waals surface area contributed by atoms with Gasteiger partial charge < -0.3 is 14.0 Å². The Bertz CT molecular complexity index is 1090. The molecule has 27 heavy (non-hydrogen) atoms. The molecule has 0 aliphatic heterocycles. The second-order valence-corrected chi connectivity index (χ2v) is 6.55. The molecule has 0 saturated carbocycles. The summed E-state index contributed by atoms with van der Waals surface area (Å²) >= 11 is 3.30. The number of halogens is 1. The Kier molecular flexibility index (Phi) is 5.45. The molecule has 0 unspecified atom stereocenters. The number of para-hydroxylation sites is 1. The molecule has 0 saturated heterocycles. The summed E-state index contributed by atoms with van der Waals surface area (Å²) in [4.78, 5) is 42.0. The third kappa shape index (κ3) is 4.11. The van der Waals surface area contributed by atoms with Gasteiger partial charge in [0.15, 0.2) is 22.0 Å². The van der Waals surface area contributed by atoms with Crippen LogP contribution in [0.5, 0.6) is 5.75 Å². The lowest BCUT2D eigenvalue weighted by molar-refractivity contribution is -0.148. The van der Waals surface area contributed by atoms with Crippen LogP contribution in [-0.4, -0.2) is 37.8 Å². The minimum Gasteiger partial charge on any atom is -0.490 e. The second-order valence-electron chi connectivity index (χ2n) is 5.84. The Balaban J connectivity index is 1.92. The quantitative estimate of drug-likeness (QED) is 0.459. The number of imidazole rings is 1. The number of carbonyl (C=O) groups excluding carboxylic acids is 1. The number of hydrogen-bond acceptors (Lipinski definition) is 6. The van der Waals surface area contributed by atoms with Gasteiger partial charge in [0, 0.05) is 14.0 Å². The molecule has 1 aromatic carbocycles. The molecule has 3 rings (SSSR count). The molecule has 1 N–H and O–H groups in total. The first-order valence-corrected chi connectivity index (χ1v) is 8.86. The summed E-state index contributed by atoms with van der Waals surface area (Å²) in [6.45, 7) is 1.50. The van der Waals surface area contributed by atoms with Gasteiger partial charge in [-0.1, -0.05) is 18.2 Å². The number of esters is 1. The monoisotopic (exact) mass is 436 g/mol. The van der Waals surface area contributed by atoms with Gasteiger partial charge in [-0.15, -0.1) is 0 Å². The topological polar surface area (TPSA) is 108 Å². The fourth-order valence-corrected chi connectivity index (χ4v) is 3.13. The van der Waals surface area contributed by atoms with E-state index < -0.39 is 23.3 Å². The first kappa shape index (κ1) is 18.9. The number of carbonyl (C=O) groups is 1. The van der Waals surface area contributed by atoms with E-state index in [9.17, 15) is 14.4 Å². The summed E-state index contributed by atoms with van der Waals surface area (Å²) in [5.41, 5.74) is -0.715. The van der Waals surface area contributed by atoms with Crippen LogP contribution in [0.15, 0.2) is 44.7 Å². The third-order valence-electron chi connectivity index (χ3n) is 3.86. The molecule has 2 heterocycles. The average Bonchev–Trinajstić information content (AvgIpc) is 2.95. The van der Waals surface area contributed by atoms with Crippen molar-refractivity contribution in [2.24, 2.45) is 7.05 Å². The van der Waals surface area contributed by atoms with E-state index in [1.165, 1.54) is 23.1 Å². The average molecular weight is 437 g/mol. The standard InChI is InChI=1S/C17H17BrN4O5/c1-10(23)27-12(9-26-11-6-4-3-5-7-11)8-22-13-14(19-16(22)18)21(2)17(25)20-15(13)24/h3-7,12H,8-9H2,1-2H3,(H,20,24,25)/t12-/m0/s1. The molecule has 3 aromatic rings. The molecule has 2 aromatic heterocycles. The Morgan fingerprint density at radius 1 is 1.30 bits per heavy atom. The number of aryl methyl sites for hydroxylation is 1. The van der Waals surface area contributed by atoms with Crippen LogP contribution in [0.4, 0.5) is 0 Å². The van der Waals surface area contributed by atoms with Gasteiger partial charge in [-0.3, -0.25) is 19.1 Å². The number of nitrogens with one attached hydrogen (secondary N) is 1. The van der Waals surface area contributed by atoms with Gasteiger partial charge in [-0.25, -0.2) is 9.78 Å². The molecule has 0 spiro atoms. The first-order chi connectivity index (χ1) is 12.9. The van der Waals surface area contributed by atoms with Crippen molar-refractivity contribution in [1.82, 2.24) is 19.1 Å². The van der Waals surface area contributed by atoms with E-state index in [4.69, 9.17) is 9.47 Å². The largest absolute Gasteiger partial charge is 0.490 e. The summed E-state index contributed by atoms with van der Waals surface area (Å²) in [7, 11) is 1.51. The van der Waals surface area contributed by atoms with Gasteiger partial charge in [0.05, 0.1) is 6.54 Å². The van der Waals surface area contributed by atoms with E-state index in [-0.39, 0.29) is 24.3 Å². The zero-order chi connectivity index (χ0) is 19.6. The van der Waals surface area contributed by atoms with Gasteiger partial charge in [0.2, 0.25) is 0 Å². The summed E-state index contributed by atoms with van der Waals surface area (Å²) in [5, 5.41) is 0. The molecule has 0 aliphatic carbocycles. The fraction of sp³-hybridized carbons (Fsp3) is 0.294. The lowest BCUT2D eigenvalue weighted by Crippen LogP contribution is -2.32. The van der Waals surface area contributed by atoms with E-state index >= 15 is 0 Å². The van der Waals surface area contributed by atoms with Crippen LogP contribution < -0.4 is 16.0 Å². The highest BCUT2D eigenvalue weighted by Crippen LogP contribution is 2.18. The van der Waals surface area contributed by atoms with Crippen LogP contribution in [0.2, 0.25) is 0 Å². The van der Waals surface area contributed by atoms with Crippen LogP contribution in [0, 0.1) is 0 Å². The van der Waals surface area contributed by atoms with Gasteiger partial charge in [0.25, 0.3) is 5.56 Å². The van der Waals surface area contributed by atoms with Crippen molar-refractivity contribution >= 4 is 33.1 Å². The van der Waals surface area contributed by atoms with E-state index in [2.05, 4.69) is 25.9 Å². The molecule has 1 atom stereocenters. The molecule has 0 bridgehead atoms. The van der Waals surface area contributed by atoms with Crippen molar-refractivity contribution in [3.8, 4) is 5.75 Å². The molecule has 0 aliphatic rings. The van der Waals surface area contributed by atoms with Crippen molar-refractivity contribution in [1.29, 1.82) is 0 Å². The lowest BCUT2D eigenvalue weighted by Gasteiger charge is -2.19. The van der Waals surface area contributed by atoms with Crippen LogP contribution in [0.25, 0.3) is 11.2 Å². The van der Waals surface area contributed by atoms with Gasteiger partial charge >= 0.3 is 11.7 Å². The van der Waals surface area contributed by atoms with E-state index in [0.717, 1.165) is 0 Å². The predicted molar refractivity (Wildman–Crippen MR) is 101 cm³/mol. The smallest absolute Gasteiger partial charge is 0.329 e. The number of nitrogens with zero attached hydrogens (tertiary/aromatic N) is 3. The summed E-state index contributed by atoms with van der Waals surface area (Å²) < 4.78 is 14.1. The maximum atomic E-state index is 12.3. The Labute approximate surface area is 161 Å². The predicted octanol–water partition coefficient (Wildman–Crippen LogP) is 1.20. The normalized spacial score (nSPS) is 12.1. The molecule has 142 valence electrons. The van der Waals surface area contributed by atoms with Gasteiger partial charge in [0.1, 0.15) is 12.4 Å². The SMILES string of the molecule is CC(=O)O[C@H](COc1ccccc1)Cn1c(Br)nc2c1c(=O)[nH]c(=O)n2C. The molecule has 0 amide bonds. The van der Waals surface area contributed by atoms with Crippen molar-refractivity contribution < 1.29 is 14.3 Å². The number of aromatic nitrogens is 4. The van der Waals surface area contributed by atoms with Crippen LogP contribution in [0.3, 0.4) is 0 Å². The maximum Gasteiger partial charge on any atom is 0.329 e. The number of fused-ring (bicyclic) bond motifs is 1. The number of ether oxygens (including phenoxy) is 2. The minimum atomic E-state index is -0.673. The van der Waals surface area contributed by atoms with E-state index in [1.807, 2.05) is 18.2 Å². The number of benzene rings is 1. The third-order valence-corrected chi connectivity index (χ3v) is 4.46. The van der Waals surface area contributed by atoms with Crippen LogP contribution >= 0.6 is 15.9 Å². The van der Waals surface area contributed by atoms with Gasteiger partial charge in [-0.05, 0) is 28.1 Å². The molecule has 0 radical (unpaired) electrons. The molecule has 10 heteroatoms. The second kappa shape index (κ2) is 7.78. The van der Waals surface area contributed by atoms with Crippen LogP contribution in [-0.2, 0) is 23.1 Å². The van der Waals surface area contributed by atoms with Crippen LogP contribution in [0.1, 0.15) is 6.92 Å². The van der Waals surface area contributed by atoms with E-state index in [1.54, 1.807) is 12.1 Å². The molecular weight excluding hydrogens is 420 g/mol. The first-order valence-electron chi connectivity index (χ1n) is 8.07. The highest BCUT2D eigenvalue weighted by atomic mass is 79.9. The minimum absolute atomic E-state index is 0.0827. The summed E-state index contributed by atoms with van der Waals surface area (Å²) in [6.07, 6.45) is -0.673. The molecule has 0 fully saturated rings. The van der Waals surface area contributed by atoms with Crippen molar-refractivity contribution in [2.45, 2.75) is 19.6 Å². The van der Waals surface area contributed by atoms with Crippen molar-refractivity contribution in [2.75, 3.05) is 6.61 Å². The Morgan fingerprint density at radius 3 is 2.67 bits per heavy atom. The highest BCUT2D eigenvalue weighted by molar-refractivity contribution is 9.10.